The van der Waals surface area contributed by atoms with E-state index in [0.717, 1.165) is 12.1 Å². The molecule has 3 nitrogen and oxygen atoms in total. The van der Waals surface area contributed by atoms with E-state index in [1.165, 1.54) is 0 Å². The Balaban J connectivity index is 2.28. The molecule has 10 heteroatoms. The molecular formula is C14H15BF6O3. The molecule has 24 heavy (non-hydrogen) atoms. The van der Waals surface area contributed by atoms with Gasteiger partial charge in [0.15, 0.2) is 0 Å². The van der Waals surface area contributed by atoms with Crippen LogP contribution >= 0.6 is 0 Å². The number of rotatable bonds is 2. The fraction of sp³-hybridized carbons (Fsp3) is 0.571. The molecule has 134 valence electrons. The molecule has 1 heterocycles. The Labute approximate surface area is 134 Å². The van der Waals surface area contributed by atoms with Crippen molar-refractivity contribution in [3.8, 4) is 0 Å². The Kier molecular flexibility index (Phi) is 4.71. The predicted octanol–water partition coefficient (Wildman–Crippen LogP) is 2.77. The van der Waals surface area contributed by atoms with Gasteiger partial charge in [-0.25, -0.2) is 0 Å². The van der Waals surface area contributed by atoms with Crippen LogP contribution < -0.4 is 5.46 Å². The Hall–Kier alpha value is -1.26. The van der Waals surface area contributed by atoms with Gasteiger partial charge in [-0.2, -0.15) is 26.3 Å². The van der Waals surface area contributed by atoms with E-state index in [2.05, 4.69) is 0 Å². The number of alkyl halides is 6. The van der Waals surface area contributed by atoms with Gasteiger partial charge in [0.05, 0.1) is 0 Å². The van der Waals surface area contributed by atoms with Crippen molar-refractivity contribution >= 4 is 12.6 Å². The third kappa shape index (κ3) is 3.40. The Bertz CT molecular complexity index is 558. The summed E-state index contributed by atoms with van der Waals surface area (Å²) in [5.41, 5.74) is -6.22. The van der Waals surface area contributed by atoms with Gasteiger partial charge in [0, 0.05) is 24.2 Å². The first-order chi connectivity index (χ1) is 10.8. The van der Waals surface area contributed by atoms with E-state index in [0.29, 0.717) is 25.3 Å². The molecule has 1 aliphatic rings. The number of halogens is 6. The van der Waals surface area contributed by atoms with Crippen molar-refractivity contribution in [3.63, 3.8) is 0 Å². The van der Waals surface area contributed by atoms with Crippen LogP contribution in [0.2, 0.25) is 0 Å². The molecule has 1 fully saturated rings. The van der Waals surface area contributed by atoms with Crippen molar-refractivity contribution < 1.29 is 40.8 Å². The highest BCUT2D eigenvalue weighted by Crippen LogP contribution is 2.49. The SMILES string of the molecule is CC1(C)COB(c2ccc(C(O)(C(F)(F)F)C(F)(F)F)cc2)OC1. The van der Waals surface area contributed by atoms with E-state index in [1.807, 2.05) is 13.8 Å². The van der Waals surface area contributed by atoms with Crippen LogP contribution in [-0.2, 0) is 14.9 Å². The molecule has 1 N–H and O–H groups in total. The fourth-order valence-electron chi connectivity index (χ4n) is 2.25. The summed E-state index contributed by atoms with van der Waals surface area (Å²) in [7, 11) is -0.878. The normalized spacial score (nSPS) is 19.5. The summed E-state index contributed by atoms with van der Waals surface area (Å²) in [6, 6.07) is 3.17. The van der Waals surface area contributed by atoms with Gasteiger partial charge in [-0.3, -0.25) is 0 Å². The smallest absolute Gasteiger partial charge is 0.407 e. The lowest BCUT2D eigenvalue weighted by atomic mass is 9.75. The lowest BCUT2D eigenvalue weighted by Crippen LogP contribution is -2.54. The molecule has 1 aromatic carbocycles. The van der Waals surface area contributed by atoms with Crippen molar-refractivity contribution in [1.29, 1.82) is 0 Å². The fourth-order valence-corrected chi connectivity index (χ4v) is 2.25. The maximum atomic E-state index is 12.8. The molecule has 0 spiro atoms. The van der Waals surface area contributed by atoms with E-state index in [1.54, 1.807) is 0 Å². The van der Waals surface area contributed by atoms with Gasteiger partial charge in [0.25, 0.3) is 5.60 Å². The number of hydrogen-bond donors (Lipinski definition) is 1. The molecule has 0 aliphatic carbocycles. The van der Waals surface area contributed by atoms with Gasteiger partial charge in [-0.15, -0.1) is 0 Å². The molecule has 2 rings (SSSR count). The van der Waals surface area contributed by atoms with Crippen LogP contribution in [0.4, 0.5) is 26.3 Å². The summed E-state index contributed by atoms with van der Waals surface area (Å²) < 4.78 is 87.7. The van der Waals surface area contributed by atoms with Gasteiger partial charge >= 0.3 is 19.5 Å². The van der Waals surface area contributed by atoms with Crippen molar-refractivity contribution in [3.05, 3.63) is 29.8 Å². The van der Waals surface area contributed by atoms with Crippen LogP contribution in [0.15, 0.2) is 24.3 Å². The summed E-state index contributed by atoms with van der Waals surface area (Å²) in [5.74, 6) is 0. The van der Waals surface area contributed by atoms with Crippen LogP contribution in [0, 0.1) is 5.41 Å². The van der Waals surface area contributed by atoms with E-state index in [4.69, 9.17) is 9.31 Å². The van der Waals surface area contributed by atoms with Crippen molar-refractivity contribution in [2.75, 3.05) is 13.2 Å². The van der Waals surface area contributed by atoms with Crippen LogP contribution in [-0.4, -0.2) is 37.8 Å². The molecule has 0 unspecified atom stereocenters. The van der Waals surface area contributed by atoms with E-state index < -0.39 is 30.6 Å². The average Bonchev–Trinajstić information content (AvgIpc) is 2.44. The summed E-state index contributed by atoms with van der Waals surface area (Å²) in [6.45, 7) is 4.43. The van der Waals surface area contributed by atoms with E-state index in [9.17, 15) is 31.4 Å². The minimum absolute atomic E-state index is 0.233. The zero-order chi connectivity index (χ0) is 18.4. The molecule has 0 radical (unpaired) electrons. The Morgan fingerprint density at radius 1 is 0.917 bits per heavy atom. The first kappa shape index (κ1) is 19.1. The largest absolute Gasteiger partial charge is 0.493 e. The van der Waals surface area contributed by atoms with Gasteiger partial charge in [-0.05, 0) is 5.46 Å². The molecular weight excluding hydrogens is 341 g/mol. The molecule has 0 aromatic heterocycles. The minimum Gasteiger partial charge on any atom is -0.407 e. The third-order valence-corrected chi connectivity index (χ3v) is 3.67. The Morgan fingerprint density at radius 2 is 1.33 bits per heavy atom. The zero-order valence-corrected chi connectivity index (χ0v) is 12.8. The molecule has 0 bridgehead atoms. The molecule has 0 atom stereocenters. The van der Waals surface area contributed by atoms with Crippen LogP contribution in [0.3, 0.4) is 0 Å². The maximum Gasteiger partial charge on any atom is 0.493 e. The summed E-state index contributed by atoms with van der Waals surface area (Å²) in [4.78, 5) is 0. The number of aliphatic hydroxyl groups is 1. The molecule has 1 aromatic rings. The van der Waals surface area contributed by atoms with Gasteiger partial charge in [0.1, 0.15) is 0 Å². The lowest BCUT2D eigenvalue weighted by molar-refractivity contribution is -0.376. The summed E-state index contributed by atoms with van der Waals surface area (Å²) in [5, 5.41) is 9.31. The first-order valence-corrected chi connectivity index (χ1v) is 6.97. The summed E-state index contributed by atoms with van der Waals surface area (Å²) in [6.07, 6.45) is -11.8. The van der Waals surface area contributed by atoms with E-state index >= 15 is 0 Å². The van der Waals surface area contributed by atoms with Gasteiger partial charge in [0.2, 0.25) is 0 Å². The highest BCUT2D eigenvalue weighted by atomic mass is 19.4. The second-order valence-electron chi connectivity index (χ2n) is 6.45. The highest BCUT2D eigenvalue weighted by Gasteiger charge is 2.71. The molecule has 1 aliphatic heterocycles. The van der Waals surface area contributed by atoms with Crippen LogP contribution in [0.5, 0.6) is 0 Å². The maximum absolute atomic E-state index is 12.8. The van der Waals surface area contributed by atoms with Crippen LogP contribution in [0.1, 0.15) is 19.4 Å². The molecule has 0 amide bonds. The second-order valence-corrected chi connectivity index (χ2v) is 6.45. The molecule has 1 saturated heterocycles. The van der Waals surface area contributed by atoms with Crippen molar-refractivity contribution in [2.24, 2.45) is 5.41 Å². The van der Waals surface area contributed by atoms with E-state index in [-0.39, 0.29) is 10.9 Å². The topological polar surface area (TPSA) is 38.7 Å². The lowest BCUT2D eigenvalue weighted by Gasteiger charge is -2.34. The summed E-state index contributed by atoms with van der Waals surface area (Å²) >= 11 is 0. The zero-order valence-electron chi connectivity index (χ0n) is 12.8. The first-order valence-electron chi connectivity index (χ1n) is 6.97. The Morgan fingerprint density at radius 3 is 1.71 bits per heavy atom. The number of hydrogen-bond acceptors (Lipinski definition) is 3. The van der Waals surface area contributed by atoms with Crippen molar-refractivity contribution in [1.82, 2.24) is 0 Å². The van der Waals surface area contributed by atoms with Gasteiger partial charge in [-0.1, -0.05) is 38.1 Å². The quantitative estimate of drug-likeness (QED) is 0.654. The monoisotopic (exact) mass is 356 g/mol. The molecule has 0 saturated carbocycles. The third-order valence-electron chi connectivity index (χ3n) is 3.67. The second kappa shape index (κ2) is 5.92. The average molecular weight is 356 g/mol. The minimum atomic E-state index is -5.91. The predicted molar refractivity (Wildman–Crippen MR) is 73.5 cm³/mol. The van der Waals surface area contributed by atoms with Gasteiger partial charge < -0.3 is 14.4 Å². The van der Waals surface area contributed by atoms with Crippen LogP contribution in [0.25, 0.3) is 0 Å². The standard InChI is InChI=1S/C14H15BF6O3/c1-11(2)7-23-15(24-8-11)10-5-3-9(4-6-10)12(22,13(16,17)18)14(19,20)21/h3-6,22H,7-8H2,1-2H3. The number of benzene rings is 1. The highest BCUT2D eigenvalue weighted by molar-refractivity contribution is 6.61. The van der Waals surface area contributed by atoms with Crippen molar-refractivity contribution in [2.45, 2.75) is 31.8 Å².